The van der Waals surface area contributed by atoms with Gasteiger partial charge in [0.1, 0.15) is 0 Å². The molecule has 0 aliphatic carbocycles. The molecule has 34 heavy (non-hydrogen) atoms. The van der Waals surface area contributed by atoms with Gasteiger partial charge >= 0.3 is 6.03 Å². The van der Waals surface area contributed by atoms with E-state index in [0.29, 0.717) is 51.4 Å². The van der Waals surface area contributed by atoms with E-state index in [0.717, 1.165) is 29.8 Å². The molecular weight excluding hydrogens is 430 g/mol. The zero-order valence-electron chi connectivity index (χ0n) is 20.0. The maximum Gasteiger partial charge on any atom is 0.317 e. The fourth-order valence-electron chi connectivity index (χ4n) is 4.70. The summed E-state index contributed by atoms with van der Waals surface area (Å²) in [5.74, 6) is 0.161. The molecule has 180 valence electrons. The molecule has 0 saturated carbocycles. The SMILES string of the molecule is CC(=O)N1CCN(C(=O)c2ccc(C)nc2C2CCN(C(=O)NCc3ccccc3)CC2)CC1. The zero-order chi connectivity index (χ0) is 24.1. The third-order valence-electron chi connectivity index (χ3n) is 6.76. The Hall–Kier alpha value is -3.42. The van der Waals surface area contributed by atoms with Crippen molar-refractivity contribution in [3.05, 3.63) is 65.0 Å². The summed E-state index contributed by atoms with van der Waals surface area (Å²) in [5, 5.41) is 3.00. The van der Waals surface area contributed by atoms with Gasteiger partial charge in [0.2, 0.25) is 5.91 Å². The van der Waals surface area contributed by atoms with Crippen LogP contribution in [-0.2, 0) is 11.3 Å². The van der Waals surface area contributed by atoms with Gasteiger partial charge in [0.05, 0.1) is 11.3 Å². The summed E-state index contributed by atoms with van der Waals surface area (Å²) in [5.41, 5.74) is 3.44. The first-order valence-electron chi connectivity index (χ1n) is 12.0. The molecule has 3 heterocycles. The largest absolute Gasteiger partial charge is 0.339 e. The summed E-state index contributed by atoms with van der Waals surface area (Å²) in [6.45, 7) is 7.46. The second-order valence-corrected chi connectivity index (χ2v) is 9.09. The number of likely N-dealkylation sites (tertiary alicyclic amines) is 1. The molecule has 1 aromatic carbocycles. The van der Waals surface area contributed by atoms with E-state index in [1.165, 1.54) is 0 Å². The Bertz CT molecular complexity index is 1030. The number of hydrogen-bond donors (Lipinski definition) is 1. The van der Waals surface area contributed by atoms with E-state index >= 15 is 0 Å². The van der Waals surface area contributed by atoms with E-state index in [4.69, 9.17) is 4.98 Å². The van der Waals surface area contributed by atoms with Gasteiger partial charge in [0, 0.05) is 64.3 Å². The Morgan fingerprint density at radius 2 is 1.53 bits per heavy atom. The van der Waals surface area contributed by atoms with E-state index < -0.39 is 0 Å². The smallest absolute Gasteiger partial charge is 0.317 e. The van der Waals surface area contributed by atoms with E-state index in [2.05, 4.69) is 5.32 Å². The first-order valence-corrected chi connectivity index (χ1v) is 12.0. The van der Waals surface area contributed by atoms with Gasteiger partial charge in [-0.2, -0.15) is 0 Å². The van der Waals surface area contributed by atoms with Crippen LogP contribution in [0.1, 0.15) is 53.0 Å². The van der Waals surface area contributed by atoms with Gasteiger partial charge < -0.3 is 20.0 Å². The lowest BCUT2D eigenvalue weighted by Crippen LogP contribution is -2.50. The number of carbonyl (C=O) groups is 3. The molecule has 0 bridgehead atoms. The minimum Gasteiger partial charge on any atom is -0.339 e. The van der Waals surface area contributed by atoms with Crippen molar-refractivity contribution >= 4 is 17.8 Å². The average Bonchev–Trinajstić information content (AvgIpc) is 2.87. The van der Waals surface area contributed by atoms with Gasteiger partial charge in [-0.15, -0.1) is 0 Å². The summed E-state index contributed by atoms with van der Waals surface area (Å²) in [6, 6.07) is 13.6. The van der Waals surface area contributed by atoms with Crippen molar-refractivity contribution in [2.45, 2.75) is 39.2 Å². The molecule has 4 amide bonds. The van der Waals surface area contributed by atoms with Crippen LogP contribution in [-0.4, -0.2) is 76.8 Å². The second-order valence-electron chi connectivity index (χ2n) is 9.09. The van der Waals surface area contributed by atoms with E-state index in [1.807, 2.05) is 59.2 Å². The number of aromatic nitrogens is 1. The molecule has 2 fully saturated rings. The number of rotatable bonds is 4. The highest BCUT2D eigenvalue weighted by atomic mass is 16.2. The fraction of sp³-hybridized carbons (Fsp3) is 0.462. The maximum absolute atomic E-state index is 13.4. The molecule has 8 nitrogen and oxygen atoms in total. The van der Waals surface area contributed by atoms with Gasteiger partial charge in [0.15, 0.2) is 0 Å². The molecule has 2 saturated heterocycles. The predicted octanol–water partition coefficient (Wildman–Crippen LogP) is 2.78. The monoisotopic (exact) mass is 463 g/mol. The van der Waals surface area contributed by atoms with Crippen LogP contribution < -0.4 is 5.32 Å². The van der Waals surface area contributed by atoms with Gasteiger partial charge in [-0.05, 0) is 37.5 Å². The first-order chi connectivity index (χ1) is 16.4. The van der Waals surface area contributed by atoms with Crippen LogP contribution in [0.5, 0.6) is 0 Å². The molecule has 2 aliphatic heterocycles. The van der Waals surface area contributed by atoms with Gasteiger partial charge in [-0.3, -0.25) is 14.6 Å². The number of hydrogen-bond acceptors (Lipinski definition) is 4. The lowest BCUT2D eigenvalue weighted by molar-refractivity contribution is -0.130. The predicted molar refractivity (Wildman–Crippen MR) is 129 cm³/mol. The number of pyridine rings is 1. The van der Waals surface area contributed by atoms with E-state index in [-0.39, 0.29) is 23.8 Å². The summed E-state index contributed by atoms with van der Waals surface area (Å²) in [7, 11) is 0. The number of urea groups is 1. The fourth-order valence-corrected chi connectivity index (χ4v) is 4.70. The van der Waals surface area contributed by atoms with Gasteiger partial charge in [-0.1, -0.05) is 30.3 Å². The Kier molecular flexibility index (Phi) is 7.45. The molecule has 0 radical (unpaired) electrons. The minimum atomic E-state index is -0.0563. The number of aryl methyl sites for hydroxylation is 1. The highest BCUT2D eigenvalue weighted by molar-refractivity contribution is 5.95. The molecule has 4 rings (SSSR count). The standard InChI is InChI=1S/C26H33N5O3/c1-19-8-9-23(25(33)30-16-14-29(15-17-30)20(2)32)24(28-19)22-10-12-31(13-11-22)26(34)27-18-21-6-4-3-5-7-21/h3-9,22H,10-18H2,1-2H3,(H,27,34). The number of piperazine rings is 1. The highest BCUT2D eigenvalue weighted by Crippen LogP contribution is 2.30. The Balaban J connectivity index is 1.37. The van der Waals surface area contributed by atoms with Gasteiger partial charge in [0.25, 0.3) is 5.91 Å². The molecular formula is C26H33N5O3. The molecule has 2 aliphatic rings. The summed E-state index contributed by atoms with van der Waals surface area (Å²) >= 11 is 0. The summed E-state index contributed by atoms with van der Waals surface area (Å²) in [6.07, 6.45) is 1.54. The van der Waals surface area contributed by atoms with Crippen molar-refractivity contribution in [1.29, 1.82) is 0 Å². The Morgan fingerprint density at radius 1 is 0.882 bits per heavy atom. The average molecular weight is 464 g/mol. The topological polar surface area (TPSA) is 85.9 Å². The van der Waals surface area contributed by atoms with Crippen LogP contribution >= 0.6 is 0 Å². The van der Waals surface area contributed by atoms with Gasteiger partial charge in [-0.25, -0.2) is 4.79 Å². The van der Waals surface area contributed by atoms with Crippen LogP contribution in [0.4, 0.5) is 4.79 Å². The Morgan fingerprint density at radius 3 is 2.18 bits per heavy atom. The number of carbonyl (C=O) groups excluding carboxylic acids is 3. The number of piperidine rings is 1. The molecule has 8 heteroatoms. The molecule has 0 atom stereocenters. The van der Waals surface area contributed by atoms with Crippen LogP contribution in [0, 0.1) is 6.92 Å². The number of benzene rings is 1. The molecule has 0 unspecified atom stereocenters. The lowest BCUT2D eigenvalue weighted by atomic mass is 9.89. The summed E-state index contributed by atoms with van der Waals surface area (Å²) in [4.78, 5) is 47.8. The number of nitrogens with zero attached hydrogens (tertiary/aromatic N) is 4. The molecule has 2 aromatic rings. The molecule has 1 aromatic heterocycles. The van der Waals surface area contributed by atoms with E-state index in [1.54, 1.807) is 11.8 Å². The first kappa shape index (κ1) is 23.7. The van der Waals surface area contributed by atoms with Crippen molar-refractivity contribution < 1.29 is 14.4 Å². The van der Waals surface area contributed by atoms with Crippen LogP contribution in [0.25, 0.3) is 0 Å². The van der Waals surface area contributed by atoms with Crippen LogP contribution in [0.15, 0.2) is 42.5 Å². The molecule has 0 spiro atoms. The lowest BCUT2D eigenvalue weighted by Gasteiger charge is -2.35. The summed E-state index contributed by atoms with van der Waals surface area (Å²) < 4.78 is 0. The normalized spacial score (nSPS) is 16.9. The van der Waals surface area contributed by atoms with Crippen molar-refractivity contribution in [3.63, 3.8) is 0 Å². The second kappa shape index (κ2) is 10.7. The quantitative estimate of drug-likeness (QED) is 0.756. The molecule has 1 N–H and O–H groups in total. The van der Waals surface area contributed by atoms with Crippen molar-refractivity contribution in [3.8, 4) is 0 Å². The van der Waals surface area contributed by atoms with Crippen LogP contribution in [0.3, 0.4) is 0 Å². The highest BCUT2D eigenvalue weighted by Gasteiger charge is 2.30. The van der Waals surface area contributed by atoms with E-state index in [9.17, 15) is 14.4 Å². The zero-order valence-corrected chi connectivity index (χ0v) is 20.0. The third kappa shape index (κ3) is 5.55. The maximum atomic E-state index is 13.4. The minimum absolute atomic E-state index is 0.0197. The number of nitrogens with one attached hydrogen (secondary N) is 1. The Labute approximate surface area is 200 Å². The van der Waals surface area contributed by atoms with Crippen LogP contribution in [0.2, 0.25) is 0 Å². The number of amides is 4. The van der Waals surface area contributed by atoms with Crippen molar-refractivity contribution in [2.75, 3.05) is 39.3 Å². The van der Waals surface area contributed by atoms with Crippen molar-refractivity contribution in [1.82, 2.24) is 25.0 Å². The van der Waals surface area contributed by atoms with Crippen molar-refractivity contribution in [2.24, 2.45) is 0 Å². The third-order valence-corrected chi connectivity index (χ3v) is 6.76.